The molecule has 16 heavy (non-hydrogen) atoms. The molecule has 0 radical (unpaired) electrons. The van der Waals surface area contributed by atoms with Crippen LogP contribution in [0, 0.1) is 5.92 Å². The molecule has 2 rings (SSSR count). The maximum atomic E-state index is 5.90. The lowest BCUT2D eigenvalue weighted by Crippen LogP contribution is -2.10. The van der Waals surface area contributed by atoms with Gasteiger partial charge in [-0.3, -0.25) is 0 Å². The van der Waals surface area contributed by atoms with Gasteiger partial charge in [-0.15, -0.1) is 0 Å². The minimum absolute atomic E-state index is 0.519. The summed E-state index contributed by atoms with van der Waals surface area (Å²) in [6.45, 7) is 3.18. The molecule has 0 amide bonds. The van der Waals surface area contributed by atoms with Gasteiger partial charge in [0.1, 0.15) is 0 Å². The van der Waals surface area contributed by atoms with Crippen LogP contribution in [0.1, 0.15) is 31.7 Å². The first-order valence-electron chi connectivity index (χ1n) is 6.10. The predicted molar refractivity (Wildman–Crippen MR) is 70.6 cm³/mol. The lowest BCUT2D eigenvalue weighted by molar-refractivity contribution is 0.0583. The van der Waals surface area contributed by atoms with E-state index in [0.29, 0.717) is 6.10 Å². The zero-order valence-corrected chi connectivity index (χ0v) is 11.4. The monoisotopic (exact) mass is 282 g/mol. The van der Waals surface area contributed by atoms with Crippen molar-refractivity contribution in [1.29, 1.82) is 0 Å². The summed E-state index contributed by atoms with van der Waals surface area (Å²) >= 11 is 3.44. The summed E-state index contributed by atoms with van der Waals surface area (Å²) in [5.74, 6) is 0.859. The number of ether oxygens (including phenoxy) is 1. The molecule has 0 N–H and O–H groups in total. The zero-order chi connectivity index (χ0) is 11.4. The normalized spacial score (nSPS) is 24.9. The second kappa shape index (κ2) is 5.83. The Labute approximate surface area is 106 Å². The summed E-state index contributed by atoms with van der Waals surface area (Å²) < 4.78 is 7.04. The van der Waals surface area contributed by atoms with Gasteiger partial charge < -0.3 is 4.74 Å². The number of halogens is 1. The number of hydrogen-bond donors (Lipinski definition) is 0. The van der Waals surface area contributed by atoms with E-state index < -0.39 is 0 Å². The fraction of sp³-hybridized carbons (Fsp3) is 0.571. The van der Waals surface area contributed by atoms with Gasteiger partial charge in [0.05, 0.1) is 12.7 Å². The molecule has 1 fully saturated rings. The number of benzene rings is 1. The topological polar surface area (TPSA) is 9.23 Å². The first-order chi connectivity index (χ1) is 7.74. The van der Waals surface area contributed by atoms with E-state index in [-0.39, 0.29) is 0 Å². The van der Waals surface area contributed by atoms with Gasteiger partial charge in [-0.25, -0.2) is 0 Å². The SMILES string of the molecule is CC1CCC(OCCc2ccc(Br)cc2)C1. The smallest absolute Gasteiger partial charge is 0.0578 e. The molecule has 88 valence electrons. The van der Waals surface area contributed by atoms with Crippen LogP contribution in [0.15, 0.2) is 28.7 Å². The van der Waals surface area contributed by atoms with Crippen molar-refractivity contribution in [3.63, 3.8) is 0 Å². The minimum atomic E-state index is 0.519. The van der Waals surface area contributed by atoms with Gasteiger partial charge in [-0.2, -0.15) is 0 Å². The third kappa shape index (κ3) is 3.60. The van der Waals surface area contributed by atoms with E-state index in [9.17, 15) is 0 Å². The molecule has 0 heterocycles. The van der Waals surface area contributed by atoms with Crippen molar-refractivity contribution in [2.24, 2.45) is 5.92 Å². The summed E-state index contributed by atoms with van der Waals surface area (Å²) in [5.41, 5.74) is 1.36. The van der Waals surface area contributed by atoms with Crippen molar-refractivity contribution in [2.45, 2.75) is 38.7 Å². The highest BCUT2D eigenvalue weighted by atomic mass is 79.9. The Kier molecular flexibility index (Phi) is 4.42. The summed E-state index contributed by atoms with van der Waals surface area (Å²) in [7, 11) is 0. The van der Waals surface area contributed by atoms with Gasteiger partial charge >= 0.3 is 0 Å². The molecule has 0 spiro atoms. The fourth-order valence-electron chi connectivity index (χ4n) is 2.30. The fourth-order valence-corrected chi connectivity index (χ4v) is 2.57. The second-order valence-corrected chi connectivity index (χ2v) is 5.70. The van der Waals surface area contributed by atoms with Crippen LogP contribution in [0.3, 0.4) is 0 Å². The van der Waals surface area contributed by atoms with Gasteiger partial charge in [0.25, 0.3) is 0 Å². The third-order valence-electron chi connectivity index (χ3n) is 3.30. The molecule has 1 saturated carbocycles. The quantitative estimate of drug-likeness (QED) is 0.804. The summed E-state index contributed by atoms with van der Waals surface area (Å²) in [4.78, 5) is 0. The Bertz CT molecular complexity index is 320. The molecular formula is C14H19BrO. The molecule has 0 aromatic heterocycles. The standard InChI is InChI=1S/C14H19BrO/c1-11-2-7-14(10-11)16-9-8-12-3-5-13(15)6-4-12/h3-6,11,14H,2,7-10H2,1H3. The summed E-state index contributed by atoms with van der Waals surface area (Å²) in [6.07, 6.45) is 5.38. The largest absolute Gasteiger partial charge is 0.378 e. The zero-order valence-electron chi connectivity index (χ0n) is 9.79. The average molecular weight is 283 g/mol. The first kappa shape index (κ1) is 12.1. The summed E-state index contributed by atoms with van der Waals surface area (Å²) in [5, 5.41) is 0. The van der Waals surface area contributed by atoms with Crippen molar-refractivity contribution in [3.05, 3.63) is 34.3 Å². The molecule has 1 aromatic rings. The van der Waals surface area contributed by atoms with Crippen LogP contribution < -0.4 is 0 Å². The van der Waals surface area contributed by atoms with E-state index in [2.05, 4.69) is 47.1 Å². The van der Waals surface area contributed by atoms with Crippen molar-refractivity contribution in [2.75, 3.05) is 6.61 Å². The lowest BCUT2D eigenvalue weighted by atomic mass is 10.1. The number of rotatable bonds is 4. The molecule has 1 aromatic carbocycles. The van der Waals surface area contributed by atoms with Gasteiger partial charge in [0.2, 0.25) is 0 Å². The maximum absolute atomic E-state index is 5.90. The van der Waals surface area contributed by atoms with Crippen LogP contribution in [-0.2, 0) is 11.2 Å². The van der Waals surface area contributed by atoms with E-state index >= 15 is 0 Å². The van der Waals surface area contributed by atoms with Crippen molar-refractivity contribution in [1.82, 2.24) is 0 Å². The van der Waals surface area contributed by atoms with E-state index in [0.717, 1.165) is 23.4 Å². The average Bonchev–Trinajstić information content (AvgIpc) is 2.67. The van der Waals surface area contributed by atoms with E-state index in [1.807, 2.05) is 0 Å². The Balaban J connectivity index is 1.70. The lowest BCUT2D eigenvalue weighted by Gasteiger charge is -2.11. The van der Waals surface area contributed by atoms with Gasteiger partial charge in [0.15, 0.2) is 0 Å². The van der Waals surface area contributed by atoms with E-state index in [4.69, 9.17) is 4.74 Å². The number of hydrogen-bond acceptors (Lipinski definition) is 1. The highest BCUT2D eigenvalue weighted by Crippen LogP contribution is 2.27. The molecule has 1 aliphatic rings. The molecular weight excluding hydrogens is 264 g/mol. The molecule has 2 heteroatoms. The Morgan fingerprint density at radius 2 is 2.00 bits per heavy atom. The van der Waals surface area contributed by atoms with Crippen LogP contribution in [0.4, 0.5) is 0 Å². The van der Waals surface area contributed by atoms with E-state index in [1.54, 1.807) is 0 Å². The Hall–Kier alpha value is -0.340. The van der Waals surface area contributed by atoms with Crippen molar-refractivity contribution in [3.8, 4) is 0 Å². The van der Waals surface area contributed by atoms with Crippen LogP contribution >= 0.6 is 15.9 Å². The molecule has 0 bridgehead atoms. The molecule has 2 atom stereocenters. The van der Waals surface area contributed by atoms with E-state index in [1.165, 1.54) is 24.8 Å². The highest BCUT2D eigenvalue weighted by molar-refractivity contribution is 9.10. The maximum Gasteiger partial charge on any atom is 0.0578 e. The van der Waals surface area contributed by atoms with Gasteiger partial charge in [-0.05, 0) is 49.3 Å². The molecule has 0 saturated heterocycles. The van der Waals surface area contributed by atoms with Crippen LogP contribution in [0.25, 0.3) is 0 Å². The van der Waals surface area contributed by atoms with Crippen LogP contribution in [-0.4, -0.2) is 12.7 Å². The highest BCUT2D eigenvalue weighted by Gasteiger charge is 2.21. The molecule has 0 aliphatic heterocycles. The summed E-state index contributed by atoms with van der Waals surface area (Å²) in [6, 6.07) is 8.50. The van der Waals surface area contributed by atoms with Crippen LogP contribution in [0.5, 0.6) is 0 Å². The Morgan fingerprint density at radius 1 is 1.25 bits per heavy atom. The van der Waals surface area contributed by atoms with Crippen LogP contribution in [0.2, 0.25) is 0 Å². The first-order valence-corrected chi connectivity index (χ1v) is 6.89. The Morgan fingerprint density at radius 3 is 2.62 bits per heavy atom. The minimum Gasteiger partial charge on any atom is -0.378 e. The predicted octanol–water partition coefficient (Wildman–Crippen LogP) is 4.20. The molecule has 1 nitrogen and oxygen atoms in total. The third-order valence-corrected chi connectivity index (χ3v) is 3.83. The van der Waals surface area contributed by atoms with Crippen molar-refractivity contribution >= 4 is 15.9 Å². The second-order valence-electron chi connectivity index (χ2n) is 4.79. The van der Waals surface area contributed by atoms with Gasteiger partial charge in [0, 0.05) is 4.47 Å². The molecule has 1 aliphatic carbocycles. The van der Waals surface area contributed by atoms with Gasteiger partial charge in [-0.1, -0.05) is 35.0 Å². The van der Waals surface area contributed by atoms with Crippen molar-refractivity contribution < 1.29 is 4.74 Å². The molecule has 2 unspecified atom stereocenters.